The van der Waals surface area contributed by atoms with Crippen molar-refractivity contribution >= 4 is 17.7 Å². The van der Waals surface area contributed by atoms with E-state index in [9.17, 15) is 19.1 Å². The molecule has 0 bridgehead atoms. The first-order chi connectivity index (χ1) is 17.2. The highest BCUT2D eigenvalue weighted by molar-refractivity contribution is 5.92. The Labute approximate surface area is 208 Å². The summed E-state index contributed by atoms with van der Waals surface area (Å²) in [6.07, 6.45) is -0.846. The molecule has 3 aromatic rings. The Morgan fingerprint density at radius 2 is 1.78 bits per heavy atom. The summed E-state index contributed by atoms with van der Waals surface area (Å²) in [6, 6.07) is 16.0. The number of hydrogen-bond acceptors (Lipinski definition) is 5. The second-order valence-electron chi connectivity index (χ2n) is 8.63. The molecule has 4 rings (SSSR count). The maximum Gasteiger partial charge on any atom is 0.408 e. The lowest BCUT2D eigenvalue weighted by Crippen LogP contribution is -2.52. The zero-order valence-corrected chi connectivity index (χ0v) is 20.2. The topological polar surface area (TPSA) is 97.3 Å². The van der Waals surface area contributed by atoms with Crippen LogP contribution in [0.1, 0.15) is 24.5 Å². The lowest BCUT2D eigenvalue weighted by molar-refractivity contribution is -0.118. The molecule has 0 spiro atoms. The fraction of sp³-hybridized carbons (Fsp3) is 0.259. The average Bonchev–Trinajstić information content (AvgIpc) is 2.84. The van der Waals surface area contributed by atoms with Crippen LogP contribution >= 0.6 is 0 Å². The van der Waals surface area contributed by atoms with Gasteiger partial charge in [-0.2, -0.15) is 0 Å². The fourth-order valence-corrected chi connectivity index (χ4v) is 4.55. The summed E-state index contributed by atoms with van der Waals surface area (Å²) in [5, 5.41) is 12.8. The van der Waals surface area contributed by atoms with Crippen LogP contribution in [0.4, 0.5) is 14.9 Å². The average molecular weight is 495 g/mol. The summed E-state index contributed by atoms with van der Waals surface area (Å²) in [4.78, 5) is 26.6. The van der Waals surface area contributed by atoms with E-state index in [1.54, 1.807) is 49.4 Å². The second kappa shape index (κ2) is 10.2. The van der Waals surface area contributed by atoms with Crippen LogP contribution in [-0.4, -0.2) is 42.8 Å². The number of carboxylic acid groups (broad SMARTS) is 1. The number of rotatable bonds is 7. The summed E-state index contributed by atoms with van der Waals surface area (Å²) < 4.78 is 30.3. The summed E-state index contributed by atoms with van der Waals surface area (Å²) in [7, 11) is 3.02. The third kappa shape index (κ3) is 5.05. The van der Waals surface area contributed by atoms with Gasteiger partial charge >= 0.3 is 6.09 Å². The number of nitrogens with zero attached hydrogens (tertiary/aromatic N) is 1. The van der Waals surface area contributed by atoms with E-state index < -0.39 is 17.4 Å². The molecule has 2 N–H and O–H groups in total. The summed E-state index contributed by atoms with van der Waals surface area (Å²) in [5.74, 6) is 0.726. The first-order valence-corrected chi connectivity index (χ1v) is 11.3. The van der Waals surface area contributed by atoms with Gasteiger partial charge in [0.15, 0.2) is 11.5 Å². The van der Waals surface area contributed by atoms with Crippen LogP contribution < -0.4 is 19.5 Å². The minimum Gasteiger partial charge on any atom is -0.497 e. The number of anilines is 1. The van der Waals surface area contributed by atoms with Gasteiger partial charge in [0.1, 0.15) is 17.3 Å². The van der Waals surface area contributed by atoms with Gasteiger partial charge in [-0.25, -0.2) is 9.18 Å². The number of hydrogen-bond donors (Lipinski definition) is 2. The molecule has 1 aliphatic rings. The molecule has 188 valence electrons. The normalized spacial score (nSPS) is 16.6. The molecule has 0 saturated carbocycles. The zero-order valence-electron chi connectivity index (χ0n) is 20.2. The van der Waals surface area contributed by atoms with Gasteiger partial charge in [-0.05, 0) is 60.9 Å². The quantitative estimate of drug-likeness (QED) is 0.456. The first-order valence-electron chi connectivity index (χ1n) is 11.3. The van der Waals surface area contributed by atoms with Crippen molar-refractivity contribution in [1.82, 2.24) is 4.90 Å². The van der Waals surface area contributed by atoms with Crippen molar-refractivity contribution in [1.29, 1.82) is 0 Å². The highest BCUT2D eigenvalue weighted by Gasteiger charge is 2.44. The van der Waals surface area contributed by atoms with Gasteiger partial charge in [-0.1, -0.05) is 12.1 Å². The lowest BCUT2D eigenvalue weighted by atomic mass is 9.79. The van der Waals surface area contributed by atoms with Gasteiger partial charge < -0.3 is 24.6 Å². The van der Waals surface area contributed by atoms with E-state index in [2.05, 4.69) is 5.32 Å². The van der Waals surface area contributed by atoms with Gasteiger partial charge in [0.2, 0.25) is 5.91 Å². The van der Waals surface area contributed by atoms with Gasteiger partial charge in [-0.15, -0.1) is 0 Å². The molecule has 8 nitrogen and oxygen atoms in total. The van der Waals surface area contributed by atoms with Crippen molar-refractivity contribution in [2.75, 3.05) is 26.1 Å². The van der Waals surface area contributed by atoms with Gasteiger partial charge in [0, 0.05) is 24.4 Å². The number of ether oxygens (including phenoxy) is 3. The Hall–Kier alpha value is -4.27. The molecular weight excluding hydrogens is 467 g/mol. The molecule has 1 aliphatic heterocycles. The van der Waals surface area contributed by atoms with Crippen molar-refractivity contribution in [3.63, 3.8) is 0 Å². The molecule has 1 heterocycles. The summed E-state index contributed by atoms with van der Waals surface area (Å²) >= 11 is 0. The summed E-state index contributed by atoms with van der Waals surface area (Å²) in [5.41, 5.74) is 0.789. The Balaban J connectivity index is 1.71. The number of methoxy groups -OCH3 is 2. The highest BCUT2D eigenvalue weighted by Crippen LogP contribution is 2.44. The van der Waals surface area contributed by atoms with Crippen molar-refractivity contribution < 1.29 is 33.3 Å². The van der Waals surface area contributed by atoms with Crippen LogP contribution in [-0.2, 0) is 16.8 Å². The molecule has 0 unspecified atom stereocenters. The number of nitrogens with one attached hydrogen (secondary N) is 1. The molecule has 3 aromatic carbocycles. The van der Waals surface area contributed by atoms with E-state index in [1.807, 2.05) is 0 Å². The molecule has 1 atom stereocenters. The van der Waals surface area contributed by atoms with Crippen LogP contribution in [0, 0.1) is 5.82 Å². The predicted octanol–water partition coefficient (Wildman–Crippen LogP) is 5.42. The monoisotopic (exact) mass is 494 g/mol. The summed E-state index contributed by atoms with van der Waals surface area (Å²) in [6.45, 7) is 1.92. The SMILES string of the molecule is COc1cccc(NC(=O)C[C@]2(C)c3cc(Oc4cccc(F)c4)c(OC)cc3CCN2C(=O)O)c1. The Bertz CT molecular complexity index is 1300. The van der Waals surface area contributed by atoms with Crippen LogP contribution in [0.3, 0.4) is 0 Å². The van der Waals surface area contributed by atoms with E-state index in [1.165, 1.54) is 37.3 Å². The smallest absolute Gasteiger partial charge is 0.408 e. The molecular formula is C27H27FN2O6. The molecule has 2 amide bonds. The third-order valence-corrected chi connectivity index (χ3v) is 6.28. The second-order valence-corrected chi connectivity index (χ2v) is 8.63. The molecule has 0 radical (unpaired) electrons. The van der Waals surface area contributed by atoms with Gasteiger partial charge in [0.05, 0.1) is 26.2 Å². The van der Waals surface area contributed by atoms with Crippen molar-refractivity contribution in [2.45, 2.75) is 25.3 Å². The molecule has 0 aromatic heterocycles. The number of halogens is 1. The molecule has 9 heteroatoms. The van der Waals surface area contributed by atoms with E-state index in [-0.39, 0.29) is 30.4 Å². The molecule has 0 saturated heterocycles. The number of carbonyl (C=O) groups is 2. The molecule has 0 aliphatic carbocycles. The van der Waals surface area contributed by atoms with E-state index >= 15 is 0 Å². The number of carbonyl (C=O) groups excluding carboxylic acids is 1. The minimum atomic E-state index is -1.20. The van der Waals surface area contributed by atoms with Crippen molar-refractivity contribution in [3.05, 3.63) is 77.6 Å². The number of amides is 2. The Morgan fingerprint density at radius 1 is 1.03 bits per heavy atom. The fourth-order valence-electron chi connectivity index (χ4n) is 4.55. The van der Waals surface area contributed by atoms with Gasteiger partial charge in [0.25, 0.3) is 0 Å². The number of fused-ring (bicyclic) bond motifs is 1. The minimum absolute atomic E-state index is 0.144. The molecule has 36 heavy (non-hydrogen) atoms. The van der Waals surface area contributed by atoms with Crippen LogP contribution in [0.15, 0.2) is 60.7 Å². The van der Waals surface area contributed by atoms with Crippen LogP contribution in [0.5, 0.6) is 23.0 Å². The zero-order chi connectivity index (χ0) is 25.9. The Morgan fingerprint density at radius 3 is 2.47 bits per heavy atom. The standard InChI is InChI=1S/C27H27FN2O6/c1-27(16-25(31)29-19-7-5-8-20(14-19)34-2)22-15-24(36-21-9-4-6-18(28)13-21)23(35-3)12-17(22)10-11-30(27)26(32)33/h4-9,12-15H,10-11,16H2,1-3H3,(H,29,31)(H,32,33)/t27-/m1/s1. The maximum absolute atomic E-state index is 13.7. The largest absolute Gasteiger partial charge is 0.497 e. The van der Waals surface area contributed by atoms with Crippen LogP contribution in [0.25, 0.3) is 0 Å². The van der Waals surface area contributed by atoms with E-state index in [4.69, 9.17) is 14.2 Å². The first kappa shape index (κ1) is 24.8. The number of benzene rings is 3. The van der Waals surface area contributed by atoms with Crippen molar-refractivity contribution in [3.8, 4) is 23.0 Å². The van der Waals surface area contributed by atoms with Crippen LogP contribution in [0.2, 0.25) is 0 Å². The lowest BCUT2D eigenvalue weighted by Gasteiger charge is -2.44. The Kier molecular flexibility index (Phi) is 7.00. The maximum atomic E-state index is 13.7. The van der Waals surface area contributed by atoms with E-state index in [0.29, 0.717) is 29.2 Å². The highest BCUT2D eigenvalue weighted by atomic mass is 19.1. The van der Waals surface area contributed by atoms with Gasteiger partial charge in [-0.3, -0.25) is 9.69 Å². The molecule has 0 fully saturated rings. The van der Waals surface area contributed by atoms with Crippen molar-refractivity contribution in [2.24, 2.45) is 0 Å². The third-order valence-electron chi connectivity index (χ3n) is 6.28. The predicted molar refractivity (Wildman–Crippen MR) is 131 cm³/mol. The van der Waals surface area contributed by atoms with E-state index in [0.717, 1.165) is 5.56 Å².